The Morgan fingerprint density at radius 1 is 0.261 bits per heavy atom. The van der Waals surface area contributed by atoms with Crippen LogP contribution in [0, 0.1) is 0 Å². The van der Waals surface area contributed by atoms with Crippen molar-refractivity contribution < 1.29 is 0 Å². The van der Waals surface area contributed by atoms with E-state index in [1.807, 2.05) is 0 Å². The van der Waals surface area contributed by atoms with Gasteiger partial charge in [0.05, 0.1) is 16.8 Å². The van der Waals surface area contributed by atoms with Crippen molar-refractivity contribution >= 4 is 21.5 Å². The van der Waals surface area contributed by atoms with Crippen molar-refractivity contribution in [2.75, 3.05) is 0 Å². The molecule has 0 radical (unpaired) electrons. The van der Waals surface area contributed by atoms with E-state index in [1.54, 1.807) is 0 Å². The van der Waals surface area contributed by atoms with Crippen molar-refractivity contribution in [3.8, 4) is 78.4 Å². The number of fused-ring (bicyclic) bond motifs is 5. The van der Waals surface area contributed by atoms with E-state index in [0.29, 0.717) is 5.82 Å². The molecule has 1 heterocycles. The molecule has 1 aliphatic carbocycles. The lowest BCUT2D eigenvalue weighted by atomic mass is 9.67. The Hall–Kier alpha value is -8.98. The number of nitrogens with zero attached hydrogens (tertiary/aromatic N) is 2. The van der Waals surface area contributed by atoms with Crippen LogP contribution in [0.1, 0.15) is 22.3 Å². The van der Waals surface area contributed by atoms with Crippen molar-refractivity contribution in [3.63, 3.8) is 0 Å². The standard InChI is InChI=1S/C67H44N2/c1-4-19-45(20-5-1)46-37-39-48(40-38-46)66-68-63(58-34-17-22-47-21-10-11-29-53(47)58)44-64(69-66)59-42-41-54(56-30-12-13-31-57(56)59)49-23-16-24-50(43-49)55-33-18-36-62-65(55)60-32-14-15-35-61(60)67(62,51-25-6-2-7-26-51)52-27-8-3-9-28-52/h1-44H. The molecule has 0 N–H and O–H groups in total. The first-order valence-corrected chi connectivity index (χ1v) is 23.7. The number of hydrogen-bond donors (Lipinski definition) is 0. The second kappa shape index (κ2) is 16.7. The first-order valence-electron chi connectivity index (χ1n) is 23.7. The quantitative estimate of drug-likeness (QED) is 0.152. The van der Waals surface area contributed by atoms with Crippen LogP contribution in [0.25, 0.3) is 100.0 Å². The van der Waals surface area contributed by atoms with E-state index in [4.69, 9.17) is 9.97 Å². The highest BCUT2D eigenvalue weighted by Crippen LogP contribution is 2.58. The van der Waals surface area contributed by atoms with Crippen molar-refractivity contribution in [1.82, 2.24) is 9.97 Å². The van der Waals surface area contributed by atoms with Gasteiger partial charge in [0.15, 0.2) is 5.82 Å². The Bertz CT molecular complexity index is 3830. The average Bonchev–Trinajstić information content (AvgIpc) is 3.74. The lowest BCUT2D eigenvalue weighted by Gasteiger charge is -2.34. The number of benzene rings is 11. The fourth-order valence-electron chi connectivity index (χ4n) is 11.1. The van der Waals surface area contributed by atoms with Crippen LogP contribution in [0.4, 0.5) is 0 Å². The summed E-state index contributed by atoms with van der Waals surface area (Å²) in [4.78, 5) is 10.7. The Labute approximate surface area is 402 Å². The maximum absolute atomic E-state index is 5.38. The van der Waals surface area contributed by atoms with Gasteiger partial charge in [-0.25, -0.2) is 9.97 Å². The molecule has 0 bridgehead atoms. The van der Waals surface area contributed by atoms with Crippen molar-refractivity contribution in [2.24, 2.45) is 0 Å². The maximum atomic E-state index is 5.38. The molecule has 2 nitrogen and oxygen atoms in total. The molecule has 2 heteroatoms. The van der Waals surface area contributed by atoms with Crippen molar-refractivity contribution in [2.45, 2.75) is 5.41 Å². The lowest BCUT2D eigenvalue weighted by Crippen LogP contribution is -2.28. The highest BCUT2D eigenvalue weighted by Gasteiger charge is 2.46. The van der Waals surface area contributed by atoms with Crippen LogP contribution in [0.15, 0.2) is 267 Å². The number of hydrogen-bond acceptors (Lipinski definition) is 2. The van der Waals surface area contributed by atoms with Gasteiger partial charge >= 0.3 is 0 Å². The Morgan fingerprint density at radius 2 is 0.710 bits per heavy atom. The zero-order valence-electron chi connectivity index (χ0n) is 37.8. The van der Waals surface area contributed by atoms with Crippen LogP contribution in [0.3, 0.4) is 0 Å². The van der Waals surface area contributed by atoms with Crippen LogP contribution < -0.4 is 0 Å². The minimum Gasteiger partial charge on any atom is -0.228 e. The first kappa shape index (κ1) is 40.3. The average molecular weight is 877 g/mol. The summed E-state index contributed by atoms with van der Waals surface area (Å²) >= 11 is 0. The Morgan fingerprint density at radius 3 is 1.43 bits per heavy atom. The van der Waals surface area contributed by atoms with E-state index < -0.39 is 5.41 Å². The molecule has 12 aromatic rings. The zero-order chi connectivity index (χ0) is 45.7. The van der Waals surface area contributed by atoms with E-state index >= 15 is 0 Å². The highest BCUT2D eigenvalue weighted by atomic mass is 14.9. The second-order valence-electron chi connectivity index (χ2n) is 18.0. The monoisotopic (exact) mass is 876 g/mol. The van der Waals surface area contributed by atoms with Crippen LogP contribution in [0.2, 0.25) is 0 Å². The minimum atomic E-state index is -0.464. The summed E-state index contributed by atoms with van der Waals surface area (Å²) in [6, 6.07) is 96.7. The predicted molar refractivity (Wildman–Crippen MR) is 287 cm³/mol. The fourth-order valence-corrected chi connectivity index (χ4v) is 11.1. The van der Waals surface area contributed by atoms with E-state index in [1.165, 1.54) is 66.4 Å². The molecule has 13 rings (SSSR count). The third-order valence-electron chi connectivity index (χ3n) is 14.2. The molecule has 1 aliphatic rings. The van der Waals surface area contributed by atoms with E-state index in [9.17, 15) is 0 Å². The highest BCUT2D eigenvalue weighted by molar-refractivity contribution is 6.06. The van der Waals surface area contributed by atoms with Gasteiger partial charge in [-0.05, 0) is 100 Å². The first-order chi connectivity index (χ1) is 34.2. The molecule has 0 spiro atoms. The summed E-state index contributed by atoms with van der Waals surface area (Å²) in [6.45, 7) is 0. The topological polar surface area (TPSA) is 25.8 Å². The van der Waals surface area contributed by atoms with Gasteiger partial charge in [0.25, 0.3) is 0 Å². The fraction of sp³-hybridized carbons (Fsp3) is 0.0149. The smallest absolute Gasteiger partial charge is 0.160 e. The van der Waals surface area contributed by atoms with E-state index in [0.717, 1.165) is 50.0 Å². The molecule has 322 valence electrons. The van der Waals surface area contributed by atoms with Crippen molar-refractivity contribution in [1.29, 1.82) is 0 Å². The molecule has 0 saturated heterocycles. The number of rotatable bonds is 8. The van der Waals surface area contributed by atoms with E-state index in [-0.39, 0.29) is 0 Å². The molecule has 69 heavy (non-hydrogen) atoms. The summed E-state index contributed by atoms with van der Waals surface area (Å²) in [5.74, 6) is 0.691. The van der Waals surface area contributed by atoms with Gasteiger partial charge in [-0.1, -0.05) is 255 Å². The molecule has 0 unspecified atom stereocenters. The molecule has 0 fully saturated rings. The largest absolute Gasteiger partial charge is 0.228 e. The van der Waals surface area contributed by atoms with Gasteiger partial charge in [-0.15, -0.1) is 0 Å². The predicted octanol–water partition coefficient (Wildman–Crippen LogP) is 17.1. The Balaban J connectivity index is 0.956. The molecule has 0 saturated carbocycles. The summed E-state index contributed by atoms with van der Waals surface area (Å²) in [5, 5.41) is 4.64. The van der Waals surface area contributed by atoms with Gasteiger partial charge in [0, 0.05) is 16.7 Å². The van der Waals surface area contributed by atoms with Gasteiger partial charge in [0.1, 0.15) is 0 Å². The molecular formula is C67H44N2. The Kier molecular flexibility index (Phi) is 9.77. The lowest BCUT2D eigenvalue weighted by molar-refractivity contribution is 0.768. The van der Waals surface area contributed by atoms with Crippen LogP contribution >= 0.6 is 0 Å². The normalized spacial score (nSPS) is 12.5. The van der Waals surface area contributed by atoms with Crippen molar-refractivity contribution in [3.05, 3.63) is 289 Å². The minimum absolute atomic E-state index is 0.464. The van der Waals surface area contributed by atoms with Gasteiger partial charge in [-0.2, -0.15) is 0 Å². The number of aromatic nitrogens is 2. The zero-order valence-corrected chi connectivity index (χ0v) is 37.8. The molecule has 0 atom stereocenters. The molecular weight excluding hydrogens is 833 g/mol. The third kappa shape index (κ3) is 6.72. The summed E-state index contributed by atoms with van der Waals surface area (Å²) < 4.78 is 0. The summed E-state index contributed by atoms with van der Waals surface area (Å²) in [6.07, 6.45) is 0. The van der Waals surface area contributed by atoms with Crippen LogP contribution in [-0.4, -0.2) is 9.97 Å². The van der Waals surface area contributed by atoms with Gasteiger partial charge < -0.3 is 0 Å². The van der Waals surface area contributed by atoms with Crippen LogP contribution in [0.5, 0.6) is 0 Å². The molecule has 11 aromatic carbocycles. The molecule has 0 aliphatic heterocycles. The summed E-state index contributed by atoms with van der Waals surface area (Å²) in [7, 11) is 0. The summed E-state index contributed by atoms with van der Waals surface area (Å²) in [5.41, 5.74) is 19.2. The van der Waals surface area contributed by atoms with Crippen LogP contribution in [-0.2, 0) is 5.41 Å². The van der Waals surface area contributed by atoms with E-state index in [2.05, 4.69) is 267 Å². The van der Waals surface area contributed by atoms with Gasteiger partial charge in [0.2, 0.25) is 0 Å². The third-order valence-corrected chi connectivity index (χ3v) is 14.2. The molecule has 1 aromatic heterocycles. The maximum Gasteiger partial charge on any atom is 0.160 e. The van der Waals surface area contributed by atoms with Gasteiger partial charge in [-0.3, -0.25) is 0 Å². The molecule has 0 amide bonds. The second-order valence-corrected chi connectivity index (χ2v) is 18.0. The SMILES string of the molecule is c1ccc(-c2ccc(-c3nc(-c4cccc5ccccc45)cc(-c4ccc(-c5cccc(-c6cccc7c6-c6ccccc6C7(c6ccccc6)c6ccccc6)c5)c5ccccc45)n3)cc2)cc1.